The lowest BCUT2D eigenvalue weighted by Crippen LogP contribution is -1.83. The van der Waals surface area contributed by atoms with Crippen LogP contribution < -0.4 is 0 Å². The average Bonchev–Trinajstić information content (AvgIpc) is 2.71. The van der Waals surface area contributed by atoms with Crippen LogP contribution >= 0.6 is 0 Å². The van der Waals surface area contributed by atoms with E-state index in [1.54, 1.807) is 12.1 Å². The van der Waals surface area contributed by atoms with Crippen molar-refractivity contribution in [1.29, 1.82) is 0 Å². The topological polar surface area (TPSA) is 40.5 Å². The van der Waals surface area contributed by atoms with Gasteiger partial charge in [-0.25, -0.2) is 0 Å². The quantitative estimate of drug-likeness (QED) is 0.226. The standard InChI is InChI=1S/C27H46O2/c1-2-3-4-5-6-7-8-9-10-11-12-13-14-15-16-17-18-19-20-21-25-22-23-26(28)24-27(25)29/h20-24,28-29H,2-19H2,1H3. The van der Waals surface area contributed by atoms with Gasteiger partial charge in [-0.05, 0) is 25.0 Å². The molecule has 0 aliphatic rings. The molecule has 0 atom stereocenters. The Balaban J connectivity index is 1.79. The molecule has 0 spiro atoms. The van der Waals surface area contributed by atoms with Crippen LogP contribution in [0.2, 0.25) is 0 Å². The molecule has 2 nitrogen and oxygen atoms in total. The largest absolute Gasteiger partial charge is 0.508 e. The van der Waals surface area contributed by atoms with Gasteiger partial charge in [0.15, 0.2) is 0 Å². The monoisotopic (exact) mass is 402 g/mol. The summed E-state index contributed by atoms with van der Waals surface area (Å²) in [5, 5.41) is 19.0. The summed E-state index contributed by atoms with van der Waals surface area (Å²) in [6, 6.07) is 4.74. The maximum absolute atomic E-state index is 9.73. The summed E-state index contributed by atoms with van der Waals surface area (Å²) in [6.07, 6.45) is 28.9. The third-order valence-corrected chi connectivity index (χ3v) is 5.79. The molecule has 2 heteroatoms. The lowest BCUT2D eigenvalue weighted by Gasteiger charge is -2.03. The van der Waals surface area contributed by atoms with Crippen molar-refractivity contribution in [2.75, 3.05) is 0 Å². The Labute approximate surface area is 180 Å². The summed E-state index contributed by atoms with van der Waals surface area (Å²) in [4.78, 5) is 0. The molecule has 1 aromatic carbocycles. The van der Waals surface area contributed by atoms with Crippen LogP contribution in [-0.2, 0) is 0 Å². The number of hydrogen-bond acceptors (Lipinski definition) is 2. The van der Waals surface area contributed by atoms with E-state index in [1.807, 2.05) is 6.08 Å². The van der Waals surface area contributed by atoms with Crippen LogP contribution in [0.1, 0.15) is 128 Å². The van der Waals surface area contributed by atoms with E-state index < -0.39 is 0 Å². The molecule has 0 fully saturated rings. The summed E-state index contributed by atoms with van der Waals surface area (Å²) < 4.78 is 0. The number of allylic oxidation sites excluding steroid dienone is 1. The second-order valence-corrected chi connectivity index (χ2v) is 8.59. The minimum Gasteiger partial charge on any atom is -0.508 e. The number of hydrogen-bond donors (Lipinski definition) is 2. The smallest absolute Gasteiger partial charge is 0.126 e. The predicted molar refractivity (Wildman–Crippen MR) is 128 cm³/mol. The van der Waals surface area contributed by atoms with Crippen molar-refractivity contribution in [3.63, 3.8) is 0 Å². The van der Waals surface area contributed by atoms with Gasteiger partial charge < -0.3 is 10.2 Å². The fraction of sp³-hybridized carbons (Fsp3) is 0.704. The molecule has 0 heterocycles. The van der Waals surface area contributed by atoms with Crippen molar-refractivity contribution < 1.29 is 10.2 Å². The second-order valence-electron chi connectivity index (χ2n) is 8.59. The fourth-order valence-corrected chi connectivity index (χ4v) is 3.87. The van der Waals surface area contributed by atoms with Crippen LogP contribution in [0.5, 0.6) is 11.5 Å². The molecule has 0 unspecified atom stereocenters. The van der Waals surface area contributed by atoms with E-state index in [0.29, 0.717) is 0 Å². The van der Waals surface area contributed by atoms with Crippen LogP contribution in [-0.4, -0.2) is 10.2 Å². The molecule has 0 amide bonds. The van der Waals surface area contributed by atoms with Gasteiger partial charge in [0.25, 0.3) is 0 Å². The van der Waals surface area contributed by atoms with Crippen molar-refractivity contribution in [2.45, 2.75) is 122 Å². The van der Waals surface area contributed by atoms with Crippen LogP contribution in [0, 0.1) is 0 Å². The molecule has 166 valence electrons. The van der Waals surface area contributed by atoms with E-state index in [1.165, 1.54) is 115 Å². The highest BCUT2D eigenvalue weighted by Crippen LogP contribution is 2.24. The molecule has 0 saturated carbocycles. The SMILES string of the molecule is CCCCCCCCCCCCCCCCCCCC=Cc1ccc(O)cc1O. The van der Waals surface area contributed by atoms with Crippen LogP contribution in [0.15, 0.2) is 24.3 Å². The van der Waals surface area contributed by atoms with Gasteiger partial charge in [0.1, 0.15) is 11.5 Å². The first-order valence-electron chi connectivity index (χ1n) is 12.4. The number of aromatic hydroxyl groups is 2. The zero-order valence-corrected chi connectivity index (χ0v) is 19.0. The average molecular weight is 403 g/mol. The van der Waals surface area contributed by atoms with Crippen molar-refractivity contribution in [2.24, 2.45) is 0 Å². The Hall–Kier alpha value is -1.44. The number of rotatable bonds is 19. The van der Waals surface area contributed by atoms with Crippen LogP contribution in [0.25, 0.3) is 6.08 Å². The van der Waals surface area contributed by atoms with Gasteiger partial charge >= 0.3 is 0 Å². The predicted octanol–water partition coefficient (Wildman–Crippen LogP) is 9.15. The first kappa shape index (κ1) is 25.6. The number of phenols is 2. The zero-order valence-electron chi connectivity index (χ0n) is 19.0. The number of phenolic OH excluding ortho intramolecular Hbond substituents is 2. The van der Waals surface area contributed by atoms with Crippen molar-refractivity contribution in [1.82, 2.24) is 0 Å². The van der Waals surface area contributed by atoms with Crippen molar-refractivity contribution in [3.05, 3.63) is 29.8 Å². The normalized spacial score (nSPS) is 11.5. The molecule has 1 rings (SSSR count). The van der Waals surface area contributed by atoms with E-state index in [0.717, 1.165) is 12.0 Å². The molecule has 0 saturated heterocycles. The molecule has 29 heavy (non-hydrogen) atoms. The number of benzene rings is 1. The molecule has 0 bridgehead atoms. The van der Waals surface area contributed by atoms with Gasteiger partial charge in [-0.15, -0.1) is 0 Å². The third kappa shape index (κ3) is 15.1. The molecule has 0 aromatic heterocycles. The molecule has 2 N–H and O–H groups in total. The van der Waals surface area contributed by atoms with E-state index in [2.05, 4.69) is 13.0 Å². The van der Waals surface area contributed by atoms with Gasteiger partial charge in [-0.2, -0.15) is 0 Å². The Morgan fingerprint density at radius 2 is 1.07 bits per heavy atom. The summed E-state index contributed by atoms with van der Waals surface area (Å²) in [6.45, 7) is 2.29. The lowest BCUT2D eigenvalue weighted by atomic mass is 10.0. The fourth-order valence-electron chi connectivity index (χ4n) is 3.87. The molecule has 0 aliphatic carbocycles. The lowest BCUT2D eigenvalue weighted by molar-refractivity contribution is 0.450. The van der Waals surface area contributed by atoms with E-state index in [4.69, 9.17) is 0 Å². The van der Waals surface area contributed by atoms with Crippen molar-refractivity contribution >= 4 is 6.08 Å². The van der Waals surface area contributed by atoms with Gasteiger partial charge in [-0.1, -0.05) is 122 Å². The van der Waals surface area contributed by atoms with Gasteiger partial charge in [0, 0.05) is 11.6 Å². The zero-order chi connectivity index (χ0) is 21.0. The summed E-state index contributed by atoms with van der Waals surface area (Å²) >= 11 is 0. The van der Waals surface area contributed by atoms with E-state index >= 15 is 0 Å². The van der Waals surface area contributed by atoms with E-state index in [9.17, 15) is 10.2 Å². The molecule has 0 radical (unpaired) electrons. The summed E-state index contributed by atoms with van der Waals surface area (Å²) in [7, 11) is 0. The highest BCUT2D eigenvalue weighted by atomic mass is 16.3. The summed E-state index contributed by atoms with van der Waals surface area (Å²) in [5.41, 5.74) is 0.773. The highest BCUT2D eigenvalue weighted by molar-refractivity contribution is 5.58. The van der Waals surface area contributed by atoms with Gasteiger partial charge in [0.05, 0.1) is 0 Å². The number of unbranched alkanes of at least 4 members (excludes halogenated alkanes) is 17. The molecule has 0 aliphatic heterocycles. The van der Waals surface area contributed by atoms with Crippen LogP contribution in [0.3, 0.4) is 0 Å². The third-order valence-electron chi connectivity index (χ3n) is 5.79. The molecule has 1 aromatic rings. The molecular weight excluding hydrogens is 356 g/mol. The van der Waals surface area contributed by atoms with Gasteiger partial charge in [0.2, 0.25) is 0 Å². The van der Waals surface area contributed by atoms with Crippen LogP contribution in [0.4, 0.5) is 0 Å². The van der Waals surface area contributed by atoms with E-state index in [-0.39, 0.29) is 11.5 Å². The Morgan fingerprint density at radius 3 is 1.52 bits per heavy atom. The highest BCUT2D eigenvalue weighted by Gasteiger charge is 1.98. The second kappa shape index (κ2) is 18.6. The minimum atomic E-state index is 0.104. The minimum absolute atomic E-state index is 0.104. The Kier molecular flexibility index (Phi) is 16.4. The van der Waals surface area contributed by atoms with Gasteiger partial charge in [-0.3, -0.25) is 0 Å². The maximum atomic E-state index is 9.73. The summed E-state index contributed by atoms with van der Waals surface area (Å²) in [5.74, 6) is 0.247. The first-order valence-corrected chi connectivity index (χ1v) is 12.4. The maximum Gasteiger partial charge on any atom is 0.126 e. The Morgan fingerprint density at radius 1 is 0.621 bits per heavy atom. The Bertz CT molecular complexity index is 521. The molecular formula is C27H46O2. The first-order chi connectivity index (χ1) is 14.2. The van der Waals surface area contributed by atoms with Crippen molar-refractivity contribution in [3.8, 4) is 11.5 Å².